The molecule has 2 rings (SSSR count). The smallest absolute Gasteiger partial charge is 0.337 e. The quantitative estimate of drug-likeness (QED) is 0.593. The third kappa shape index (κ3) is 2.68. The Balaban J connectivity index is 2.25. The lowest BCUT2D eigenvalue weighted by molar-refractivity contribution is -0.384. The first-order valence-corrected chi connectivity index (χ1v) is 5.43. The standard InChI is InChI=1S/C10H10N6O4/c1-15-5-13-14-8(15)4-12-9-7(16(19)20)2-6(3-11-9)10(17)18/h2-3,5H,4H2,1H3,(H,11,12)(H,17,18). The zero-order valence-electron chi connectivity index (χ0n) is 10.3. The van der Waals surface area contributed by atoms with Crippen LogP contribution in [0.1, 0.15) is 16.2 Å². The van der Waals surface area contributed by atoms with Gasteiger partial charge in [-0.2, -0.15) is 0 Å². The van der Waals surface area contributed by atoms with E-state index >= 15 is 0 Å². The van der Waals surface area contributed by atoms with Gasteiger partial charge in [0.05, 0.1) is 17.0 Å². The summed E-state index contributed by atoms with van der Waals surface area (Å²) < 4.78 is 1.64. The summed E-state index contributed by atoms with van der Waals surface area (Å²) in [5, 5.41) is 29.9. The van der Waals surface area contributed by atoms with Crippen molar-refractivity contribution < 1.29 is 14.8 Å². The molecule has 2 aromatic rings. The molecule has 0 amide bonds. The summed E-state index contributed by atoms with van der Waals surface area (Å²) in [5.74, 6) is -0.744. The molecule has 0 saturated carbocycles. The molecular weight excluding hydrogens is 268 g/mol. The molecular formula is C10H10N6O4. The summed E-state index contributed by atoms with van der Waals surface area (Å²) in [5.41, 5.74) is -0.659. The van der Waals surface area contributed by atoms with Crippen LogP contribution < -0.4 is 5.32 Å². The molecule has 10 nitrogen and oxygen atoms in total. The van der Waals surface area contributed by atoms with Crippen LogP contribution in [0.3, 0.4) is 0 Å². The van der Waals surface area contributed by atoms with Gasteiger partial charge in [0.2, 0.25) is 5.82 Å². The maximum Gasteiger partial charge on any atom is 0.337 e. The van der Waals surface area contributed by atoms with Crippen molar-refractivity contribution in [2.24, 2.45) is 7.05 Å². The van der Waals surface area contributed by atoms with E-state index in [1.165, 1.54) is 6.33 Å². The number of nitrogens with one attached hydrogen (secondary N) is 1. The highest BCUT2D eigenvalue weighted by molar-refractivity contribution is 5.88. The van der Waals surface area contributed by atoms with Gasteiger partial charge in [0.1, 0.15) is 6.33 Å². The second-order valence-corrected chi connectivity index (χ2v) is 3.87. The molecule has 2 heterocycles. The van der Waals surface area contributed by atoms with E-state index in [1.807, 2.05) is 0 Å². The monoisotopic (exact) mass is 278 g/mol. The van der Waals surface area contributed by atoms with Crippen molar-refractivity contribution >= 4 is 17.5 Å². The highest BCUT2D eigenvalue weighted by Gasteiger charge is 2.19. The van der Waals surface area contributed by atoms with E-state index in [-0.39, 0.29) is 17.9 Å². The summed E-state index contributed by atoms with van der Waals surface area (Å²) in [6.07, 6.45) is 2.54. The molecule has 0 aliphatic rings. The summed E-state index contributed by atoms with van der Waals surface area (Å²) in [4.78, 5) is 24.8. The van der Waals surface area contributed by atoms with Crippen molar-refractivity contribution in [3.8, 4) is 0 Å². The summed E-state index contributed by atoms with van der Waals surface area (Å²) in [6, 6.07) is 0.953. The molecule has 0 unspecified atom stereocenters. The van der Waals surface area contributed by atoms with Crippen molar-refractivity contribution in [3.63, 3.8) is 0 Å². The van der Waals surface area contributed by atoms with Gasteiger partial charge in [0, 0.05) is 19.3 Å². The third-order valence-electron chi connectivity index (χ3n) is 2.53. The number of hydrogen-bond acceptors (Lipinski definition) is 7. The number of rotatable bonds is 5. The van der Waals surface area contributed by atoms with Crippen LogP contribution in [0.25, 0.3) is 0 Å². The zero-order chi connectivity index (χ0) is 14.7. The first-order valence-electron chi connectivity index (χ1n) is 5.43. The molecule has 0 radical (unpaired) electrons. The molecule has 0 aliphatic heterocycles. The van der Waals surface area contributed by atoms with Crippen LogP contribution >= 0.6 is 0 Å². The maximum atomic E-state index is 10.9. The zero-order valence-corrected chi connectivity index (χ0v) is 10.3. The third-order valence-corrected chi connectivity index (χ3v) is 2.53. The van der Waals surface area contributed by atoms with E-state index in [0.29, 0.717) is 5.82 Å². The molecule has 2 N–H and O–H groups in total. The normalized spacial score (nSPS) is 10.2. The Morgan fingerprint density at radius 1 is 1.60 bits per heavy atom. The fourth-order valence-electron chi connectivity index (χ4n) is 1.48. The van der Waals surface area contributed by atoms with Gasteiger partial charge in [-0.3, -0.25) is 10.1 Å². The van der Waals surface area contributed by atoms with Crippen molar-refractivity contribution in [3.05, 3.63) is 40.1 Å². The minimum absolute atomic E-state index is 0.0250. The van der Waals surface area contributed by atoms with Crippen LogP contribution in [-0.4, -0.2) is 35.7 Å². The number of nitrogens with zero attached hydrogens (tertiary/aromatic N) is 5. The molecule has 10 heteroatoms. The van der Waals surface area contributed by atoms with Gasteiger partial charge in [-0.05, 0) is 0 Å². The van der Waals surface area contributed by atoms with E-state index in [9.17, 15) is 14.9 Å². The number of nitro groups is 1. The minimum atomic E-state index is -1.28. The molecule has 20 heavy (non-hydrogen) atoms. The number of carboxylic acids is 1. The Kier molecular flexibility index (Phi) is 3.55. The highest BCUT2D eigenvalue weighted by atomic mass is 16.6. The molecule has 0 fully saturated rings. The summed E-state index contributed by atoms with van der Waals surface area (Å²) in [7, 11) is 1.73. The fraction of sp³-hybridized carbons (Fsp3) is 0.200. The van der Waals surface area contributed by atoms with Crippen molar-refractivity contribution in [2.45, 2.75) is 6.54 Å². The summed E-state index contributed by atoms with van der Waals surface area (Å²) >= 11 is 0. The van der Waals surface area contributed by atoms with Gasteiger partial charge < -0.3 is 15.0 Å². The predicted molar refractivity (Wildman–Crippen MR) is 66.2 cm³/mol. The molecule has 0 atom stereocenters. The lowest BCUT2D eigenvalue weighted by Crippen LogP contribution is -2.09. The van der Waals surface area contributed by atoms with Gasteiger partial charge >= 0.3 is 11.7 Å². The van der Waals surface area contributed by atoms with E-state index < -0.39 is 16.6 Å². The first-order chi connectivity index (χ1) is 9.49. The van der Waals surface area contributed by atoms with E-state index in [1.54, 1.807) is 11.6 Å². The second-order valence-electron chi connectivity index (χ2n) is 3.87. The number of aromatic carboxylic acids is 1. The molecule has 2 aromatic heterocycles. The van der Waals surface area contributed by atoms with E-state index in [0.717, 1.165) is 12.3 Å². The highest BCUT2D eigenvalue weighted by Crippen LogP contribution is 2.23. The minimum Gasteiger partial charge on any atom is -0.478 e. The van der Waals surface area contributed by atoms with Crippen LogP contribution in [-0.2, 0) is 13.6 Å². The average Bonchev–Trinajstić information content (AvgIpc) is 2.81. The Morgan fingerprint density at radius 2 is 2.35 bits per heavy atom. The number of pyridine rings is 1. The largest absolute Gasteiger partial charge is 0.478 e. The van der Waals surface area contributed by atoms with Gasteiger partial charge in [-0.15, -0.1) is 10.2 Å². The van der Waals surface area contributed by atoms with Gasteiger partial charge in [-0.1, -0.05) is 0 Å². The fourth-order valence-corrected chi connectivity index (χ4v) is 1.48. The maximum absolute atomic E-state index is 10.9. The Bertz CT molecular complexity index is 668. The Morgan fingerprint density at radius 3 is 2.90 bits per heavy atom. The molecule has 0 spiro atoms. The van der Waals surface area contributed by atoms with Crippen molar-refractivity contribution in [1.82, 2.24) is 19.7 Å². The number of aryl methyl sites for hydroxylation is 1. The number of aromatic nitrogens is 4. The SMILES string of the molecule is Cn1cnnc1CNc1ncc(C(=O)O)cc1[N+](=O)[O-]. The second kappa shape index (κ2) is 5.30. The van der Waals surface area contributed by atoms with Crippen molar-refractivity contribution in [2.75, 3.05) is 5.32 Å². The van der Waals surface area contributed by atoms with Gasteiger partial charge in [-0.25, -0.2) is 9.78 Å². The summed E-state index contributed by atoms with van der Waals surface area (Å²) in [6.45, 7) is 0.177. The number of hydrogen-bond donors (Lipinski definition) is 2. The van der Waals surface area contributed by atoms with E-state index in [2.05, 4.69) is 20.5 Å². The molecule has 0 aromatic carbocycles. The Labute approximate surface area is 112 Å². The average molecular weight is 278 g/mol. The first kappa shape index (κ1) is 13.4. The molecule has 0 bridgehead atoms. The number of anilines is 1. The lowest BCUT2D eigenvalue weighted by Gasteiger charge is -2.06. The van der Waals surface area contributed by atoms with Crippen LogP contribution in [0.4, 0.5) is 11.5 Å². The Hall–Kier alpha value is -3.04. The topological polar surface area (TPSA) is 136 Å². The van der Waals surface area contributed by atoms with Crippen LogP contribution in [0, 0.1) is 10.1 Å². The van der Waals surface area contributed by atoms with Crippen molar-refractivity contribution in [1.29, 1.82) is 0 Å². The van der Waals surface area contributed by atoms with Crippen LogP contribution in [0.15, 0.2) is 18.6 Å². The molecule has 104 valence electrons. The van der Waals surface area contributed by atoms with Gasteiger partial charge in [0.25, 0.3) is 0 Å². The lowest BCUT2D eigenvalue weighted by atomic mass is 10.2. The number of carboxylic acid groups (broad SMARTS) is 1. The molecule has 0 aliphatic carbocycles. The number of carbonyl (C=O) groups is 1. The van der Waals surface area contributed by atoms with E-state index in [4.69, 9.17) is 5.11 Å². The predicted octanol–water partition coefficient (Wildman–Crippen LogP) is 0.429. The van der Waals surface area contributed by atoms with Crippen LogP contribution in [0.2, 0.25) is 0 Å². The van der Waals surface area contributed by atoms with Crippen LogP contribution in [0.5, 0.6) is 0 Å². The van der Waals surface area contributed by atoms with Gasteiger partial charge in [0.15, 0.2) is 5.82 Å². The molecule has 0 saturated heterocycles.